The van der Waals surface area contributed by atoms with Crippen molar-refractivity contribution in [2.75, 3.05) is 4.90 Å². The molecule has 0 amide bonds. The third-order valence-electron chi connectivity index (χ3n) is 10.1. The fraction of sp³-hybridized carbons (Fsp3) is 0. The summed E-state index contributed by atoms with van der Waals surface area (Å²) in [6, 6.07) is 80.8. The predicted molar refractivity (Wildman–Crippen MR) is 226 cm³/mol. The standard InChI is InChI=1S/C52H37N/c1-4-12-38(13-5-1)41-22-29-48(30-23-41)53(49-31-24-42(25-32-49)39-14-6-2-7-15-39)50-33-26-43(27-34-50)46-28-35-51(44-17-8-3-9-18-44)52(37-46)47-21-20-40-16-10-11-19-45(40)36-47/h1-37H. The van der Waals surface area contributed by atoms with E-state index in [4.69, 9.17) is 0 Å². The first kappa shape index (κ1) is 32.0. The second kappa shape index (κ2) is 14.3. The van der Waals surface area contributed by atoms with E-state index < -0.39 is 0 Å². The zero-order chi connectivity index (χ0) is 35.4. The number of hydrogen-bond donors (Lipinski definition) is 0. The summed E-state index contributed by atoms with van der Waals surface area (Å²) in [6.45, 7) is 0. The van der Waals surface area contributed by atoms with Crippen molar-refractivity contribution in [3.63, 3.8) is 0 Å². The van der Waals surface area contributed by atoms with Gasteiger partial charge in [-0.2, -0.15) is 0 Å². The lowest BCUT2D eigenvalue weighted by atomic mass is 9.90. The minimum absolute atomic E-state index is 1.10. The maximum Gasteiger partial charge on any atom is 0.0462 e. The van der Waals surface area contributed by atoms with Gasteiger partial charge in [-0.15, -0.1) is 0 Å². The van der Waals surface area contributed by atoms with Crippen molar-refractivity contribution in [3.8, 4) is 55.6 Å². The molecule has 0 aromatic heterocycles. The molecule has 0 bridgehead atoms. The van der Waals surface area contributed by atoms with Gasteiger partial charge in [0.25, 0.3) is 0 Å². The van der Waals surface area contributed by atoms with Crippen molar-refractivity contribution in [2.45, 2.75) is 0 Å². The van der Waals surface area contributed by atoms with E-state index >= 15 is 0 Å². The summed E-state index contributed by atoms with van der Waals surface area (Å²) in [5, 5.41) is 2.49. The molecule has 1 heteroatoms. The highest BCUT2D eigenvalue weighted by atomic mass is 15.1. The number of fused-ring (bicyclic) bond motifs is 1. The molecule has 0 heterocycles. The zero-order valence-electron chi connectivity index (χ0n) is 29.3. The molecule has 0 saturated carbocycles. The second-order valence-corrected chi connectivity index (χ2v) is 13.4. The van der Waals surface area contributed by atoms with Crippen LogP contribution >= 0.6 is 0 Å². The van der Waals surface area contributed by atoms with Gasteiger partial charge >= 0.3 is 0 Å². The smallest absolute Gasteiger partial charge is 0.0462 e. The molecule has 250 valence electrons. The first-order chi connectivity index (χ1) is 26.3. The summed E-state index contributed by atoms with van der Waals surface area (Å²) >= 11 is 0. The highest BCUT2D eigenvalue weighted by Crippen LogP contribution is 2.40. The number of nitrogens with zero attached hydrogens (tertiary/aromatic N) is 1. The molecule has 0 atom stereocenters. The second-order valence-electron chi connectivity index (χ2n) is 13.4. The first-order valence-corrected chi connectivity index (χ1v) is 18.2. The Morgan fingerprint density at radius 2 is 0.585 bits per heavy atom. The Morgan fingerprint density at radius 1 is 0.208 bits per heavy atom. The maximum absolute atomic E-state index is 2.35. The molecule has 9 rings (SSSR count). The number of rotatable bonds is 8. The lowest BCUT2D eigenvalue weighted by Gasteiger charge is -2.26. The summed E-state index contributed by atoms with van der Waals surface area (Å²) in [5.74, 6) is 0. The fourth-order valence-corrected chi connectivity index (χ4v) is 7.31. The van der Waals surface area contributed by atoms with Gasteiger partial charge in [-0.3, -0.25) is 0 Å². The molecule has 0 saturated heterocycles. The van der Waals surface area contributed by atoms with Crippen LogP contribution in [0.3, 0.4) is 0 Å². The fourth-order valence-electron chi connectivity index (χ4n) is 7.31. The van der Waals surface area contributed by atoms with Gasteiger partial charge in [-0.05, 0) is 115 Å². The van der Waals surface area contributed by atoms with Crippen molar-refractivity contribution < 1.29 is 0 Å². The normalized spacial score (nSPS) is 11.0. The van der Waals surface area contributed by atoms with Crippen LogP contribution in [0.5, 0.6) is 0 Å². The molecule has 0 radical (unpaired) electrons. The molecule has 9 aromatic rings. The van der Waals surface area contributed by atoms with E-state index in [0.717, 1.165) is 17.1 Å². The molecule has 53 heavy (non-hydrogen) atoms. The van der Waals surface area contributed by atoms with Crippen molar-refractivity contribution in [1.82, 2.24) is 0 Å². The van der Waals surface area contributed by atoms with Crippen molar-refractivity contribution in [3.05, 3.63) is 224 Å². The van der Waals surface area contributed by atoms with E-state index in [1.807, 2.05) is 0 Å². The Morgan fingerprint density at radius 3 is 1.09 bits per heavy atom. The summed E-state index contributed by atoms with van der Waals surface area (Å²) in [4.78, 5) is 2.34. The summed E-state index contributed by atoms with van der Waals surface area (Å²) in [6.07, 6.45) is 0. The van der Waals surface area contributed by atoms with Crippen LogP contribution in [0.1, 0.15) is 0 Å². The Kier molecular flexibility index (Phi) is 8.66. The van der Waals surface area contributed by atoms with E-state index in [2.05, 4.69) is 229 Å². The number of anilines is 3. The van der Waals surface area contributed by atoms with E-state index in [1.54, 1.807) is 0 Å². The predicted octanol–water partition coefficient (Wildman–Crippen LogP) is 14.6. The molecule has 0 unspecified atom stereocenters. The van der Waals surface area contributed by atoms with E-state index in [9.17, 15) is 0 Å². The molecule has 0 fully saturated rings. The van der Waals surface area contributed by atoms with Crippen LogP contribution in [-0.2, 0) is 0 Å². The average Bonchev–Trinajstić information content (AvgIpc) is 3.25. The Hall–Kier alpha value is -6.96. The molecule has 0 aliphatic heterocycles. The summed E-state index contributed by atoms with van der Waals surface area (Å²) < 4.78 is 0. The van der Waals surface area contributed by atoms with Gasteiger partial charge in [-0.25, -0.2) is 0 Å². The van der Waals surface area contributed by atoms with Crippen LogP contribution in [0.2, 0.25) is 0 Å². The van der Waals surface area contributed by atoms with Gasteiger partial charge < -0.3 is 4.90 Å². The Labute approximate surface area is 311 Å². The minimum atomic E-state index is 1.10. The monoisotopic (exact) mass is 675 g/mol. The van der Waals surface area contributed by atoms with Gasteiger partial charge in [0.1, 0.15) is 0 Å². The van der Waals surface area contributed by atoms with Crippen LogP contribution in [0.25, 0.3) is 66.4 Å². The molecule has 0 aliphatic rings. The first-order valence-electron chi connectivity index (χ1n) is 18.2. The van der Waals surface area contributed by atoms with Crippen LogP contribution in [0.15, 0.2) is 224 Å². The topological polar surface area (TPSA) is 3.24 Å². The van der Waals surface area contributed by atoms with Crippen LogP contribution < -0.4 is 4.90 Å². The van der Waals surface area contributed by atoms with Crippen molar-refractivity contribution in [2.24, 2.45) is 0 Å². The van der Waals surface area contributed by atoms with Gasteiger partial charge in [0.15, 0.2) is 0 Å². The van der Waals surface area contributed by atoms with E-state index in [1.165, 1.54) is 66.4 Å². The van der Waals surface area contributed by atoms with Crippen LogP contribution in [0.4, 0.5) is 17.1 Å². The average molecular weight is 676 g/mol. The van der Waals surface area contributed by atoms with Crippen LogP contribution in [-0.4, -0.2) is 0 Å². The molecule has 0 N–H and O–H groups in total. The van der Waals surface area contributed by atoms with E-state index in [-0.39, 0.29) is 0 Å². The van der Waals surface area contributed by atoms with Crippen molar-refractivity contribution in [1.29, 1.82) is 0 Å². The highest BCUT2D eigenvalue weighted by Gasteiger charge is 2.15. The van der Waals surface area contributed by atoms with E-state index in [0.29, 0.717) is 0 Å². The third kappa shape index (κ3) is 6.65. The van der Waals surface area contributed by atoms with Gasteiger partial charge in [0, 0.05) is 17.1 Å². The van der Waals surface area contributed by atoms with Gasteiger partial charge in [-0.1, -0.05) is 176 Å². The largest absolute Gasteiger partial charge is 0.311 e. The third-order valence-corrected chi connectivity index (χ3v) is 10.1. The Bertz CT molecular complexity index is 2530. The molecular weight excluding hydrogens is 639 g/mol. The number of benzene rings is 9. The highest BCUT2D eigenvalue weighted by molar-refractivity contribution is 5.93. The molecule has 9 aromatic carbocycles. The van der Waals surface area contributed by atoms with Gasteiger partial charge in [0.05, 0.1) is 0 Å². The summed E-state index contributed by atoms with van der Waals surface area (Å²) in [5.41, 5.74) is 15.4. The van der Waals surface area contributed by atoms with Crippen molar-refractivity contribution >= 4 is 27.8 Å². The number of hydrogen-bond acceptors (Lipinski definition) is 1. The SMILES string of the molecule is c1ccc(-c2ccc(N(c3ccc(-c4ccccc4)cc3)c3ccc(-c4ccc(-c5ccccc5)c(-c5ccc6ccccc6c5)c4)cc3)cc2)cc1. The maximum atomic E-state index is 2.35. The molecule has 0 aliphatic carbocycles. The quantitative estimate of drug-likeness (QED) is 0.155. The Balaban J connectivity index is 1.10. The lowest BCUT2D eigenvalue weighted by Crippen LogP contribution is -2.09. The van der Waals surface area contributed by atoms with Crippen LogP contribution in [0, 0.1) is 0 Å². The molecule has 1 nitrogen and oxygen atoms in total. The lowest BCUT2D eigenvalue weighted by molar-refractivity contribution is 1.28. The zero-order valence-corrected chi connectivity index (χ0v) is 29.3. The summed E-state index contributed by atoms with van der Waals surface area (Å²) in [7, 11) is 0. The minimum Gasteiger partial charge on any atom is -0.311 e. The molecular formula is C52H37N. The van der Waals surface area contributed by atoms with Gasteiger partial charge in [0.2, 0.25) is 0 Å². The molecule has 0 spiro atoms.